The number of thiophene rings is 1. The maximum Gasteiger partial charge on any atom is 0.116 e. The van der Waals surface area contributed by atoms with E-state index in [0.29, 0.717) is 5.92 Å². The molecule has 0 aliphatic heterocycles. The Morgan fingerprint density at radius 2 is 1.90 bits per heavy atom. The van der Waals surface area contributed by atoms with E-state index in [4.69, 9.17) is 5.10 Å². The van der Waals surface area contributed by atoms with E-state index in [1.54, 1.807) is 11.3 Å². The van der Waals surface area contributed by atoms with Crippen LogP contribution >= 0.6 is 11.3 Å². The van der Waals surface area contributed by atoms with E-state index in [1.807, 2.05) is 18.3 Å². The van der Waals surface area contributed by atoms with Crippen molar-refractivity contribution in [1.29, 1.82) is 0 Å². The number of benzene rings is 1. The summed E-state index contributed by atoms with van der Waals surface area (Å²) in [7, 11) is 0. The summed E-state index contributed by atoms with van der Waals surface area (Å²) in [5.74, 6) is 0.535. The molecular formula is C33H33N5S. The van der Waals surface area contributed by atoms with Crippen LogP contribution in [0.4, 0.5) is 0 Å². The summed E-state index contributed by atoms with van der Waals surface area (Å²) in [6.45, 7) is 10.5. The zero-order valence-corrected chi connectivity index (χ0v) is 23.1. The third-order valence-corrected chi connectivity index (χ3v) is 8.58. The van der Waals surface area contributed by atoms with Crippen molar-refractivity contribution in [2.24, 2.45) is 5.92 Å². The highest BCUT2D eigenvalue weighted by molar-refractivity contribution is 7.13. The van der Waals surface area contributed by atoms with Crippen molar-refractivity contribution in [2.75, 3.05) is 0 Å². The van der Waals surface area contributed by atoms with Crippen LogP contribution in [0.15, 0.2) is 96.8 Å². The van der Waals surface area contributed by atoms with Gasteiger partial charge in [-0.25, -0.2) is 0 Å². The summed E-state index contributed by atoms with van der Waals surface area (Å²) in [6.07, 6.45) is 14.4. The summed E-state index contributed by atoms with van der Waals surface area (Å²) < 4.78 is 0. The monoisotopic (exact) mass is 531 g/mol. The van der Waals surface area contributed by atoms with Crippen molar-refractivity contribution in [3.63, 3.8) is 0 Å². The number of allylic oxidation sites excluding steroid dienone is 5. The van der Waals surface area contributed by atoms with Crippen LogP contribution in [0, 0.1) is 5.92 Å². The number of rotatable bonds is 8. The van der Waals surface area contributed by atoms with Gasteiger partial charge in [0.05, 0.1) is 21.8 Å². The summed E-state index contributed by atoms with van der Waals surface area (Å²) in [4.78, 5) is 9.40. The van der Waals surface area contributed by atoms with Gasteiger partial charge in [0, 0.05) is 33.9 Å². The molecule has 6 heteroatoms. The molecule has 4 aromatic heterocycles. The van der Waals surface area contributed by atoms with Crippen LogP contribution in [0.1, 0.15) is 44.6 Å². The van der Waals surface area contributed by atoms with Crippen LogP contribution in [0.25, 0.3) is 49.3 Å². The lowest BCUT2D eigenvalue weighted by molar-refractivity contribution is 0.393. The molecule has 4 heterocycles. The predicted molar refractivity (Wildman–Crippen MR) is 165 cm³/mol. The van der Waals surface area contributed by atoms with Crippen LogP contribution in [0.5, 0.6) is 0 Å². The van der Waals surface area contributed by atoms with Gasteiger partial charge in [-0.1, -0.05) is 50.6 Å². The van der Waals surface area contributed by atoms with E-state index >= 15 is 0 Å². The third-order valence-electron chi connectivity index (χ3n) is 7.70. The highest BCUT2D eigenvalue weighted by atomic mass is 32.1. The molecule has 39 heavy (non-hydrogen) atoms. The molecule has 5 aromatic rings. The number of fused-ring (bicyclic) bond motifs is 2. The Hall–Kier alpha value is -4.16. The Balaban J connectivity index is 1.33. The van der Waals surface area contributed by atoms with E-state index in [9.17, 15) is 0 Å². The number of pyridine rings is 1. The van der Waals surface area contributed by atoms with Crippen molar-refractivity contribution in [3.8, 4) is 22.0 Å². The van der Waals surface area contributed by atoms with Gasteiger partial charge in [-0.05, 0) is 84.7 Å². The number of aromatic amines is 2. The molecule has 0 spiro atoms. The maximum atomic E-state index is 4.70. The van der Waals surface area contributed by atoms with Crippen LogP contribution < -0.4 is 5.32 Å². The quantitative estimate of drug-likeness (QED) is 0.175. The fraction of sp³-hybridized carbons (Fsp3) is 0.212. The van der Waals surface area contributed by atoms with E-state index in [2.05, 4.69) is 94.4 Å². The summed E-state index contributed by atoms with van der Waals surface area (Å²) in [6, 6.07) is 14.8. The smallest absolute Gasteiger partial charge is 0.116 e. The van der Waals surface area contributed by atoms with Gasteiger partial charge in [0.15, 0.2) is 0 Å². The van der Waals surface area contributed by atoms with Crippen LogP contribution in [-0.2, 0) is 0 Å². The van der Waals surface area contributed by atoms with Gasteiger partial charge in [-0.15, -0.1) is 11.3 Å². The predicted octanol–water partition coefficient (Wildman–Crippen LogP) is 8.99. The van der Waals surface area contributed by atoms with E-state index < -0.39 is 0 Å². The van der Waals surface area contributed by atoms with Crippen molar-refractivity contribution in [1.82, 2.24) is 25.5 Å². The largest absolute Gasteiger partial charge is 0.359 e. The average Bonchev–Trinajstić information content (AvgIpc) is 3.74. The standard InChI is InChI=1S/C33H33N5S/c1-4-22(18-25(5-2)35-21(3)23-10-7-6-8-11-23)24-13-14-29-26(19-24)32(38-37-29)30-20-27-28(36-30)15-16-34-33(27)31-12-9-17-39-31/h4-5,9,12-20,23,35-36H,2-3,6-8,10-11H2,1H3,(H,37,38)/b22-4+,25-18+. The molecule has 6 rings (SSSR count). The fourth-order valence-corrected chi connectivity index (χ4v) is 6.31. The zero-order valence-electron chi connectivity index (χ0n) is 22.3. The Morgan fingerprint density at radius 3 is 2.67 bits per heavy atom. The second-order valence-corrected chi connectivity index (χ2v) is 11.1. The number of nitrogens with zero attached hydrogens (tertiary/aromatic N) is 2. The van der Waals surface area contributed by atoms with Gasteiger partial charge in [0.1, 0.15) is 5.69 Å². The van der Waals surface area contributed by atoms with E-state index in [-0.39, 0.29) is 0 Å². The first-order valence-corrected chi connectivity index (χ1v) is 14.5. The Bertz CT molecular complexity index is 1710. The molecule has 3 N–H and O–H groups in total. The van der Waals surface area contributed by atoms with Crippen molar-refractivity contribution in [2.45, 2.75) is 39.0 Å². The molecule has 0 amide bonds. The fourth-order valence-electron chi connectivity index (χ4n) is 5.58. The molecule has 0 unspecified atom stereocenters. The molecule has 1 fully saturated rings. The first-order valence-electron chi connectivity index (χ1n) is 13.6. The Kier molecular flexibility index (Phi) is 7.03. The van der Waals surface area contributed by atoms with Gasteiger partial charge in [0.2, 0.25) is 0 Å². The second kappa shape index (κ2) is 10.9. The minimum Gasteiger partial charge on any atom is -0.359 e. The first kappa shape index (κ1) is 25.1. The molecule has 0 radical (unpaired) electrons. The van der Waals surface area contributed by atoms with Gasteiger partial charge < -0.3 is 10.3 Å². The molecule has 0 atom stereocenters. The molecular weight excluding hydrogens is 498 g/mol. The molecule has 1 aromatic carbocycles. The number of hydrogen-bond acceptors (Lipinski definition) is 4. The van der Waals surface area contributed by atoms with Gasteiger partial charge in [-0.3, -0.25) is 10.1 Å². The first-order chi connectivity index (χ1) is 19.1. The minimum atomic E-state index is 0.535. The van der Waals surface area contributed by atoms with Gasteiger partial charge in [-0.2, -0.15) is 5.10 Å². The molecule has 196 valence electrons. The summed E-state index contributed by atoms with van der Waals surface area (Å²) in [5, 5.41) is 15.7. The van der Waals surface area contributed by atoms with Crippen LogP contribution in [0.2, 0.25) is 0 Å². The summed E-state index contributed by atoms with van der Waals surface area (Å²) >= 11 is 1.70. The number of aromatic nitrogens is 4. The number of nitrogens with one attached hydrogen (secondary N) is 3. The normalized spacial score (nSPS) is 15.2. The highest BCUT2D eigenvalue weighted by Crippen LogP contribution is 2.35. The van der Waals surface area contributed by atoms with Crippen molar-refractivity contribution < 1.29 is 0 Å². The SMILES string of the molecule is C=C/C(=C\C(=C/C)c1ccc2[nH]nc(-c3cc4c(-c5cccs5)nccc4[nH]3)c2c1)NC(=C)C1CCCCC1. The number of hydrogen-bond donors (Lipinski definition) is 3. The zero-order chi connectivity index (χ0) is 26.8. The van der Waals surface area contributed by atoms with E-state index in [0.717, 1.165) is 66.3 Å². The average molecular weight is 532 g/mol. The Labute approximate surface area is 233 Å². The Morgan fingerprint density at radius 1 is 1.05 bits per heavy atom. The lowest BCUT2D eigenvalue weighted by Gasteiger charge is -2.25. The molecule has 5 nitrogen and oxygen atoms in total. The summed E-state index contributed by atoms with van der Waals surface area (Å²) in [5.41, 5.74) is 9.20. The molecule has 1 saturated carbocycles. The van der Waals surface area contributed by atoms with Crippen LogP contribution in [-0.4, -0.2) is 20.2 Å². The topological polar surface area (TPSA) is 69.4 Å². The minimum absolute atomic E-state index is 0.535. The molecule has 1 aliphatic carbocycles. The van der Waals surface area contributed by atoms with Gasteiger partial charge in [0.25, 0.3) is 0 Å². The number of H-pyrrole nitrogens is 2. The van der Waals surface area contributed by atoms with Crippen molar-refractivity contribution >= 4 is 38.7 Å². The second-order valence-electron chi connectivity index (χ2n) is 10.1. The lowest BCUT2D eigenvalue weighted by atomic mass is 9.87. The maximum absolute atomic E-state index is 4.70. The van der Waals surface area contributed by atoms with E-state index in [1.165, 1.54) is 32.1 Å². The lowest BCUT2D eigenvalue weighted by Crippen LogP contribution is -2.20. The third kappa shape index (κ3) is 5.00. The molecule has 0 bridgehead atoms. The molecule has 1 aliphatic rings. The van der Waals surface area contributed by atoms with Gasteiger partial charge >= 0.3 is 0 Å². The van der Waals surface area contributed by atoms with Crippen molar-refractivity contribution in [3.05, 3.63) is 102 Å². The molecule has 0 saturated heterocycles. The van der Waals surface area contributed by atoms with Crippen LogP contribution in [0.3, 0.4) is 0 Å². The highest BCUT2D eigenvalue weighted by Gasteiger charge is 2.18.